The van der Waals surface area contributed by atoms with Crippen LogP contribution in [-0.2, 0) is 0 Å². The number of aromatic amines is 1. The highest BCUT2D eigenvalue weighted by Crippen LogP contribution is 2.27. The fraction of sp³-hybridized carbons (Fsp3) is 0.0455. The first-order valence-corrected chi connectivity index (χ1v) is 10.4. The van der Waals surface area contributed by atoms with E-state index >= 15 is 0 Å². The summed E-state index contributed by atoms with van der Waals surface area (Å²) in [6.07, 6.45) is 1.77. The summed E-state index contributed by atoms with van der Waals surface area (Å²) in [6.45, 7) is 2.01. The summed E-state index contributed by atoms with van der Waals surface area (Å²) in [4.78, 5) is 20.2. The summed E-state index contributed by atoms with van der Waals surface area (Å²) in [7, 11) is 0. The van der Waals surface area contributed by atoms with Crippen molar-refractivity contribution in [2.45, 2.75) is 6.92 Å². The second kappa shape index (κ2) is 7.44. The number of nitrogens with one attached hydrogen (secondary N) is 2. The molecule has 5 rings (SSSR count). The van der Waals surface area contributed by atoms with Crippen molar-refractivity contribution in [3.8, 4) is 11.3 Å². The Bertz CT molecular complexity index is 1480. The number of thiazole rings is 1. The second-order valence-corrected chi connectivity index (χ2v) is 8.04. The molecule has 2 aromatic carbocycles. The molecule has 30 heavy (non-hydrogen) atoms. The molecule has 0 unspecified atom stereocenters. The predicted octanol–water partition coefficient (Wildman–Crippen LogP) is 5.81. The van der Waals surface area contributed by atoms with Crippen molar-refractivity contribution in [3.05, 3.63) is 80.6 Å². The van der Waals surface area contributed by atoms with Gasteiger partial charge in [-0.1, -0.05) is 29.8 Å². The van der Waals surface area contributed by atoms with Crippen molar-refractivity contribution in [2.24, 2.45) is 5.10 Å². The third-order valence-electron chi connectivity index (χ3n) is 4.77. The number of rotatable bonds is 4. The number of benzene rings is 2. The van der Waals surface area contributed by atoms with E-state index in [1.165, 1.54) is 11.3 Å². The highest BCUT2D eigenvalue weighted by atomic mass is 35.5. The fourth-order valence-electron chi connectivity index (χ4n) is 3.34. The minimum absolute atomic E-state index is 0.380. The third kappa shape index (κ3) is 3.38. The lowest BCUT2D eigenvalue weighted by Crippen LogP contribution is -2.03. The van der Waals surface area contributed by atoms with Gasteiger partial charge >= 0.3 is 5.63 Å². The van der Waals surface area contributed by atoms with Gasteiger partial charge in [-0.25, -0.2) is 9.78 Å². The molecule has 0 fully saturated rings. The lowest BCUT2D eigenvalue weighted by Gasteiger charge is -2.00. The Morgan fingerprint density at radius 1 is 1.23 bits per heavy atom. The maximum Gasteiger partial charge on any atom is 0.345 e. The molecule has 0 aliphatic carbocycles. The zero-order valence-corrected chi connectivity index (χ0v) is 17.3. The largest absolute Gasteiger partial charge is 0.422 e. The van der Waals surface area contributed by atoms with E-state index in [0.717, 1.165) is 27.5 Å². The molecule has 0 saturated carbocycles. The SMILES string of the molecule is Cc1[nH]c2ccccc2c1/C=N/Nc1nc(-c2cc3cc(Cl)ccc3oc2=O)cs1. The Morgan fingerprint density at radius 2 is 2.10 bits per heavy atom. The fourth-order valence-corrected chi connectivity index (χ4v) is 4.18. The first kappa shape index (κ1) is 18.6. The summed E-state index contributed by atoms with van der Waals surface area (Å²) < 4.78 is 5.39. The molecule has 3 heterocycles. The number of hydrogen-bond donors (Lipinski definition) is 2. The first-order chi connectivity index (χ1) is 14.6. The molecule has 2 N–H and O–H groups in total. The van der Waals surface area contributed by atoms with Crippen LogP contribution in [0.3, 0.4) is 0 Å². The van der Waals surface area contributed by atoms with Gasteiger partial charge in [0.2, 0.25) is 5.13 Å². The normalized spacial score (nSPS) is 11.7. The third-order valence-corrected chi connectivity index (χ3v) is 5.75. The van der Waals surface area contributed by atoms with Gasteiger partial charge in [0.15, 0.2) is 0 Å². The lowest BCUT2D eigenvalue weighted by molar-refractivity contribution is 0.563. The van der Waals surface area contributed by atoms with Gasteiger partial charge in [0, 0.05) is 37.9 Å². The van der Waals surface area contributed by atoms with Crippen LogP contribution in [0.4, 0.5) is 5.13 Å². The summed E-state index contributed by atoms with van der Waals surface area (Å²) >= 11 is 7.40. The molecule has 0 amide bonds. The van der Waals surface area contributed by atoms with Gasteiger partial charge in [-0.05, 0) is 37.3 Å². The molecule has 0 aliphatic heterocycles. The molecule has 0 atom stereocenters. The summed E-state index contributed by atoms with van der Waals surface area (Å²) in [5.41, 5.74) is 7.00. The number of aromatic nitrogens is 2. The van der Waals surface area contributed by atoms with Gasteiger partial charge < -0.3 is 9.40 Å². The smallest absolute Gasteiger partial charge is 0.345 e. The van der Waals surface area contributed by atoms with Crippen LogP contribution in [0.5, 0.6) is 0 Å². The number of fused-ring (bicyclic) bond motifs is 2. The van der Waals surface area contributed by atoms with E-state index in [-0.39, 0.29) is 0 Å². The summed E-state index contributed by atoms with van der Waals surface area (Å²) in [6, 6.07) is 14.9. The highest BCUT2D eigenvalue weighted by molar-refractivity contribution is 7.14. The number of para-hydroxylation sites is 1. The lowest BCUT2D eigenvalue weighted by atomic mass is 10.1. The van der Waals surface area contributed by atoms with Gasteiger partial charge in [-0.15, -0.1) is 11.3 Å². The predicted molar refractivity (Wildman–Crippen MR) is 123 cm³/mol. The number of nitrogens with zero attached hydrogens (tertiary/aromatic N) is 2. The maximum absolute atomic E-state index is 12.4. The Hall–Kier alpha value is -3.42. The van der Waals surface area contributed by atoms with Crippen molar-refractivity contribution >= 4 is 56.2 Å². The summed E-state index contributed by atoms with van der Waals surface area (Å²) in [5, 5.41) is 9.10. The molecule has 0 bridgehead atoms. The van der Waals surface area contributed by atoms with Gasteiger partial charge in [0.25, 0.3) is 0 Å². The second-order valence-electron chi connectivity index (χ2n) is 6.75. The van der Waals surface area contributed by atoms with Crippen molar-refractivity contribution in [2.75, 3.05) is 5.43 Å². The van der Waals surface area contributed by atoms with E-state index in [0.29, 0.717) is 27.0 Å². The average molecular weight is 435 g/mol. The maximum atomic E-state index is 12.4. The van der Waals surface area contributed by atoms with Crippen LogP contribution < -0.4 is 11.1 Å². The molecule has 0 aliphatic rings. The van der Waals surface area contributed by atoms with E-state index in [9.17, 15) is 4.79 Å². The van der Waals surface area contributed by atoms with Crippen LogP contribution in [-0.4, -0.2) is 16.2 Å². The number of hydrogen-bond acceptors (Lipinski definition) is 6. The minimum atomic E-state index is -0.445. The molecule has 3 aromatic heterocycles. The molecular formula is C22H15ClN4O2S. The number of aryl methyl sites for hydroxylation is 1. The molecule has 148 valence electrons. The Labute approximate surface area is 179 Å². The number of H-pyrrole nitrogens is 1. The minimum Gasteiger partial charge on any atom is -0.422 e. The van der Waals surface area contributed by atoms with Crippen molar-refractivity contribution < 1.29 is 4.42 Å². The van der Waals surface area contributed by atoms with Crippen LogP contribution in [0.15, 0.2) is 68.2 Å². The van der Waals surface area contributed by atoms with Gasteiger partial charge in [0.05, 0.1) is 17.5 Å². The standard InChI is InChI=1S/C22H15ClN4O2S/c1-12-17(15-4-2-3-5-18(15)25-12)10-24-27-22-26-19(11-30-22)16-9-13-8-14(23)6-7-20(13)29-21(16)28/h2-11,25H,1H3,(H,26,27)/b24-10+. The Kier molecular flexibility index (Phi) is 4.61. The van der Waals surface area contributed by atoms with Crippen LogP contribution in [0.25, 0.3) is 33.1 Å². The Morgan fingerprint density at radius 3 is 3.00 bits per heavy atom. The van der Waals surface area contributed by atoms with Crippen molar-refractivity contribution in [3.63, 3.8) is 0 Å². The topological polar surface area (TPSA) is 83.3 Å². The van der Waals surface area contributed by atoms with E-state index in [1.807, 2.05) is 31.2 Å². The molecule has 0 spiro atoms. The molecule has 8 heteroatoms. The molecule has 0 saturated heterocycles. The monoisotopic (exact) mass is 434 g/mol. The van der Waals surface area contributed by atoms with Gasteiger partial charge in [0.1, 0.15) is 5.58 Å². The first-order valence-electron chi connectivity index (χ1n) is 9.14. The average Bonchev–Trinajstić information content (AvgIpc) is 3.32. The zero-order chi connectivity index (χ0) is 20.7. The highest BCUT2D eigenvalue weighted by Gasteiger charge is 2.12. The van der Waals surface area contributed by atoms with E-state index in [1.54, 1.807) is 35.9 Å². The molecule has 5 aromatic rings. The van der Waals surface area contributed by atoms with E-state index < -0.39 is 5.63 Å². The van der Waals surface area contributed by atoms with Gasteiger partial charge in [-0.2, -0.15) is 5.10 Å². The molecule has 6 nitrogen and oxygen atoms in total. The zero-order valence-electron chi connectivity index (χ0n) is 15.8. The molecular weight excluding hydrogens is 420 g/mol. The molecule has 0 radical (unpaired) electrons. The number of hydrazone groups is 1. The van der Waals surface area contributed by atoms with Gasteiger partial charge in [-0.3, -0.25) is 5.43 Å². The van der Waals surface area contributed by atoms with E-state index in [4.69, 9.17) is 16.0 Å². The van der Waals surface area contributed by atoms with Crippen LogP contribution in [0, 0.1) is 6.92 Å². The summed E-state index contributed by atoms with van der Waals surface area (Å²) in [5.74, 6) is 0. The van der Waals surface area contributed by atoms with Crippen LogP contribution in [0.1, 0.15) is 11.3 Å². The van der Waals surface area contributed by atoms with Crippen molar-refractivity contribution in [1.29, 1.82) is 0 Å². The number of halogens is 1. The van der Waals surface area contributed by atoms with Crippen LogP contribution in [0.2, 0.25) is 5.02 Å². The van der Waals surface area contributed by atoms with Crippen LogP contribution >= 0.6 is 22.9 Å². The van der Waals surface area contributed by atoms with Crippen molar-refractivity contribution in [1.82, 2.24) is 9.97 Å². The van der Waals surface area contributed by atoms with E-state index in [2.05, 4.69) is 20.5 Å². The number of anilines is 1. The Balaban J connectivity index is 1.41. The quantitative estimate of drug-likeness (QED) is 0.212.